The van der Waals surface area contributed by atoms with Gasteiger partial charge in [-0.15, -0.1) is 5.10 Å². The van der Waals surface area contributed by atoms with Crippen molar-refractivity contribution in [2.45, 2.75) is 20.4 Å². The number of rotatable bonds is 5. The third-order valence-electron chi connectivity index (χ3n) is 3.81. The summed E-state index contributed by atoms with van der Waals surface area (Å²) in [5, 5.41) is 8.02. The molecule has 0 spiro atoms. The van der Waals surface area contributed by atoms with Gasteiger partial charge in [-0.3, -0.25) is 4.79 Å². The van der Waals surface area contributed by atoms with Crippen LogP contribution in [0.5, 0.6) is 5.88 Å². The van der Waals surface area contributed by atoms with Gasteiger partial charge in [-0.25, -0.2) is 9.67 Å². The van der Waals surface area contributed by atoms with Crippen LogP contribution >= 0.6 is 15.9 Å². The first-order chi connectivity index (χ1) is 11.9. The monoisotopic (exact) mass is 402 g/mol. The Hall–Kier alpha value is -2.41. The van der Waals surface area contributed by atoms with Crippen LogP contribution in [0.25, 0.3) is 11.0 Å². The van der Waals surface area contributed by atoms with Crippen molar-refractivity contribution in [3.63, 3.8) is 0 Å². The Kier molecular flexibility index (Phi) is 5.03. The fourth-order valence-electron chi connectivity index (χ4n) is 2.68. The van der Waals surface area contributed by atoms with E-state index in [1.54, 1.807) is 4.68 Å². The first-order valence-electron chi connectivity index (χ1n) is 7.89. The molecular weight excluding hydrogens is 384 g/mol. The number of carbonyl (C=O) groups is 1. The molecular formula is C18H19BrN4O2. The summed E-state index contributed by atoms with van der Waals surface area (Å²) in [6.07, 6.45) is 0. The van der Waals surface area contributed by atoms with Gasteiger partial charge >= 0.3 is 0 Å². The summed E-state index contributed by atoms with van der Waals surface area (Å²) in [5.41, 5.74) is 3.72. The highest BCUT2D eigenvalue weighted by Gasteiger charge is 2.15. The Morgan fingerprint density at radius 3 is 2.88 bits per heavy atom. The van der Waals surface area contributed by atoms with Crippen LogP contribution in [0.3, 0.4) is 0 Å². The van der Waals surface area contributed by atoms with Crippen LogP contribution in [-0.4, -0.2) is 27.3 Å². The molecule has 0 atom stereocenters. The molecule has 7 heteroatoms. The average Bonchev–Trinajstić information content (AvgIpc) is 2.87. The van der Waals surface area contributed by atoms with E-state index in [2.05, 4.69) is 31.3 Å². The van der Waals surface area contributed by atoms with E-state index < -0.39 is 0 Å². The van der Waals surface area contributed by atoms with E-state index in [4.69, 9.17) is 4.74 Å². The normalized spacial score (nSPS) is 10.9. The van der Waals surface area contributed by atoms with Gasteiger partial charge in [0.2, 0.25) is 5.88 Å². The summed E-state index contributed by atoms with van der Waals surface area (Å²) in [6, 6.07) is 9.77. The Morgan fingerprint density at radius 2 is 2.12 bits per heavy atom. The standard InChI is InChI=1S/C18H19BrN4O2/c1-11-7-12(2)21-17-16(11)18(22-23(17)3)25-10-15(24)20-9-13-5-4-6-14(19)8-13/h4-8H,9-10H2,1-3H3,(H,20,24). The Morgan fingerprint density at radius 1 is 1.32 bits per heavy atom. The van der Waals surface area contributed by atoms with Crippen LogP contribution in [0.15, 0.2) is 34.8 Å². The number of pyridine rings is 1. The van der Waals surface area contributed by atoms with Crippen LogP contribution in [0.1, 0.15) is 16.8 Å². The van der Waals surface area contributed by atoms with Crippen LogP contribution in [0.4, 0.5) is 0 Å². The number of nitrogens with zero attached hydrogens (tertiary/aromatic N) is 3. The lowest BCUT2D eigenvalue weighted by molar-refractivity contribution is -0.123. The molecule has 25 heavy (non-hydrogen) atoms. The molecule has 0 fully saturated rings. The SMILES string of the molecule is Cc1cc(C)c2c(OCC(=O)NCc3cccc(Br)c3)nn(C)c2n1. The van der Waals surface area contributed by atoms with Gasteiger partial charge in [-0.1, -0.05) is 28.1 Å². The molecule has 130 valence electrons. The zero-order valence-electron chi connectivity index (χ0n) is 14.3. The summed E-state index contributed by atoms with van der Waals surface area (Å²) >= 11 is 3.41. The third kappa shape index (κ3) is 3.99. The molecule has 0 saturated heterocycles. The van der Waals surface area contributed by atoms with Crippen molar-refractivity contribution in [3.8, 4) is 5.88 Å². The lowest BCUT2D eigenvalue weighted by Gasteiger charge is -2.07. The van der Waals surface area contributed by atoms with Crippen molar-refractivity contribution < 1.29 is 9.53 Å². The van der Waals surface area contributed by atoms with Gasteiger partial charge in [0, 0.05) is 23.8 Å². The van der Waals surface area contributed by atoms with E-state index in [0.717, 1.165) is 32.3 Å². The molecule has 6 nitrogen and oxygen atoms in total. The Bertz CT molecular complexity index is 936. The van der Waals surface area contributed by atoms with Gasteiger partial charge in [-0.05, 0) is 43.2 Å². The lowest BCUT2D eigenvalue weighted by atomic mass is 10.2. The quantitative estimate of drug-likeness (QED) is 0.711. The largest absolute Gasteiger partial charge is 0.466 e. The lowest BCUT2D eigenvalue weighted by Crippen LogP contribution is -2.28. The van der Waals surface area contributed by atoms with Crippen LogP contribution < -0.4 is 10.1 Å². The summed E-state index contributed by atoms with van der Waals surface area (Å²) in [5.74, 6) is 0.233. The summed E-state index contributed by atoms with van der Waals surface area (Å²) in [4.78, 5) is 16.5. The molecule has 0 aliphatic rings. The number of aromatic nitrogens is 3. The molecule has 0 saturated carbocycles. The zero-order valence-corrected chi connectivity index (χ0v) is 15.9. The van der Waals surface area contributed by atoms with Crippen molar-refractivity contribution in [1.82, 2.24) is 20.1 Å². The Balaban J connectivity index is 1.65. The van der Waals surface area contributed by atoms with Gasteiger partial charge < -0.3 is 10.1 Å². The number of carbonyl (C=O) groups excluding carboxylic acids is 1. The first kappa shape index (κ1) is 17.4. The summed E-state index contributed by atoms with van der Waals surface area (Å²) in [6.45, 7) is 4.28. The number of aryl methyl sites for hydroxylation is 3. The Labute approximate surface area is 154 Å². The molecule has 1 aromatic carbocycles. The van der Waals surface area contributed by atoms with E-state index in [0.29, 0.717) is 12.4 Å². The van der Waals surface area contributed by atoms with Crippen molar-refractivity contribution in [3.05, 3.63) is 51.6 Å². The number of benzene rings is 1. The molecule has 0 bridgehead atoms. The van der Waals surface area contributed by atoms with Crippen molar-refractivity contribution in [2.24, 2.45) is 7.05 Å². The van der Waals surface area contributed by atoms with Crippen molar-refractivity contribution >= 4 is 32.9 Å². The topological polar surface area (TPSA) is 69.0 Å². The maximum Gasteiger partial charge on any atom is 0.258 e. The highest BCUT2D eigenvalue weighted by Crippen LogP contribution is 2.26. The van der Waals surface area contributed by atoms with Gasteiger partial charge in [-0.2, -0.15) is 0 Å². The molecule has 0 aliphatic heterocycles. The second-order valence-electron chi connectivity index (χ2n) is 5.90. The average molecular weight is 403 g/mol. The van der Waals surface area contributed by atoms with E-state index in [-0.39, 0.29) is 12.5 Å². The number of fused-ring (bicyclic) bond motifs is 1. The molecule has 0 radical (unpaired) electrons. The van der Waals surface area contributed by atoms with Crippen molar-refractivity contribution in [1.29, 1.82) is 0 Å². The minimum Gasteiger partial charge on any atom is -0.466 e. The van der Waals surface area contributed by atoms with Gasteiger partial charge in [0.25, 0.3) is 5.91 Å². The first-order valence-corrected chi connectivity index (χ1v) is 8.68. The maximum absolute atomic E-state index is 12.1. The van der Waals surface area contributed by atoms with E-state index in [9.17, 15) is 4.79 Å². The molecule has 2 aromatic heterocycles. The fourth-order valence-corrected chi connectivity index (χ4v) is 3.13. The number of halogens is 1. The molecule has 0 unspecified atom stereocenters. The van der Waals surface area contributed by atoms with E-state index >= 15 is 0 Å². The summed E-state index contributed by atoms with van der Waals surface area (Å²) in [7, 11) is 1.81. The predicted molar refractivity (Wildman–Crippen MR) is 99.5 cm³/mol. The fraction of sp³-hybridized carbons (Fsp3) is 0.278. The minimum atomic E-state index is -0.198. The summed E-state index contributed by atoms with van der Waals surface area (Å²) < 4.78 is 8.29. The van der Waals surface area contributed by atoms with Gasteiger partial charge in [0.05, 0.1) is 5.39 Å². The maximum atomic E-state index is 12.1. The minimum absolute atomic E-state index is 0.0898. The van der Waals surface area contributed by atoms with E-state index in [1.807, 2.05) is 51.2 Å². The number of hydrogen-bond donors (Lipinski definition) is 1. The number of ether oxygens (including phenoxy) is 1. The molecule has 1 N–H and O–H groups in total. The second-order valence-corrected chi connectivity index (χ2v) is 6.82. The van der Waals surface area contributed by atoms with Crippen LogP contribution in [-0.2, 0) is 18.4 Å². The number of nitrogens with one attached hydrogen (secondary N) is 1. The smallest absolute Gasteiger partial charge is 0.258 e. The molecule has 3 aromatic rings. The van der Waals surface area contributed by atoms with Crippen LogP contribution in [0.2, 0.25) is 0 Å². The zero-order chi connectivity index (χ0) is 18.0. The van der Waals surface area contributed by atoms with E-state index in [1.165, 1.54) is 0 Å². The predicted octanol–water partition coefficient (Wildman–Crippen LogP) is 3.04. The van der Waals surface area contributed by atoms with Gasteiger partial charge in [0.1, 0.15) is 0 Å². The second kappa shape index (κ2) is 7.23. The highest BCUT2D eigenvalue weighted by molar-refractivity contribution is 9.10. The highest BCUT2D eigenvalue weighted by atomic mass is 79.9. The van der Waals surface area contributed by atoms with Crippen molar-refractivity contribution in [2.75, 3.05) is 6.61 Å². The van der Waals surface area contributed by atoms with Gasteiger partial charge in [0.15, 0.2) is 12.3 Å². The molecule has 1 amide bonds. The molecule has 2 heterocycles. The van der Waals surface area contributed by atoms with Crippen LogP contribution in [0, 0.1) is 13.8 Å². The third-order valence-corrected chi connectivity index (χ3v) is 4.30. The molecule has 0 aliphatic carbocycles. The number of amides is 1. The number of hydrogen-bond acceptors (Lipinski definition) is 4. The molecule has 3 rings (SSSR count).